The monoisotopic (exact) mass is 301 g/mol. The lowest BCUT2D eigenvalue weighted by molar-refractivity contribution is -0.137. The summed E-state index contributed by atoms with van der Waals surface area (Å²) < 4.78 is 37.3. The Labute approximate surface area is 123 Å². The van der Waals surface area contributed by atoms with Crippen LogP contribution in [0.1, 0.15) is 44.2 Å². The van der Waals surface area contributed by atoms with Crippen molar-refractivity contribution < 1.29 is 18.4 Å². The van der Waals surface area contributed by atoms with Gasteiger partial charge in [-0.15, -0.1) is 0 Å². The highest BCUT2D eigenvalue weighted by atomic mass is 19.4. The molecule has 1 N–H and O–H groups in total. The van der Waals surface area contributed by atoms with E-state index in [0.29, 0.717) is 5.56 Å². The highest BCUT2D eigenvalue weighted by Crippen LogP contribution is 2.29. The minimum Gasteiger partial charge on any atom is -0.313 e. The molecule has 1 unspecified atom stereocenters. The van der Waals surface area contributed by atoms with Crippen molar-refractivity contribution in [3.05, 3.63) is 47.5 Å². The second-order valence-electron chi connectivity index (χ2n) is 5.10. The highest BCUT2D eigenvalue weighted by molar-refractivity contribution is 5.24. The molecule has 0 spiro atoms. The van der Waals surface area contributed by atoms with Gasteiger partial charge in [0.2, 0.25) is 0 Å². The zero-order valence-corrected chi connectivity index (χ0v) is 12.4. The van der Waals surface area contributed by atoms with Crippen LogP contribution in [0.5, 0.6) is 0 Å². The van der Waals surface area contributed by atoms with Gasteiger partial charge in [-0.1, -0.05) is 44.1 Å². The molecule has 118 valence electrons. The molecule has 0 bridgehead atoms. The maximum absolute atomic E-state index is 12.4. The summed E-state index contributed by atoms with van der Waals surface area (Å²) in [5, 5.41) is 11.0. The summed E-state index contributed by atoms with van der Waals surface area (Å²) in [5.41, 5.74) is -0.0393. The number of hydroxylamine groups is 2. The third kappa shape index (κ3) is 6.31. The van der Waals surface area contributed by atoms with Gasteiger partial charge in [-0.05, 0) is 31.0 Å². The highest BCUT2D eigenvalue weighted by Gasteiger charge is 2.29. The average molecular weight is 301 g/mol. The molecule has 1 aromatic carbocycles. The van der Waals surface area contributed by atoms with Gasteiger partial charge in [0.05, 0.1) is 11.6 Å². The van der Waals surface area contributed by atoms with Crippen molar-refractivity contribution in [2.75, 3.05) is 0 Å². The number of hydrogen-bond donors (Lipinski definition) is 1. The minimum absolute atomic E-state index is 0.177. The molecule has 0 radical (unpaired) electrons. The zero-order valence-electron chi connectivity index (χ0n) is 12.4. The van der Waals surface area contributed by atoms with Crippen LogP contribution >= 0.6 is 0 Å². The molecule has 0 heterocycles. The third-order valence-electron chi connectivity index (χ3n) is 3.23. The molecule has 1 rings (SSSR count). The van der Waals surface area contributed by atoms with E-state index in [1.807, 2.05) is 19.1 Å². The molecule has 0 fully saturated rings. The number of hydrogen-bond acceptors (Lipinski definition) is 2. The number of rotatable bonds is 7. The van der Waals surface area contributed by atoms with E-state index in [-0.39, 0.29) is 12.6 Å². The lowest BCUT2D eigenvalue weighted by Gasteiger charge is -2.20. The standard InChI is InChI=1S/C16H22F3NO/c1-3-4-5-6-7-13(2)20(21)12-14-8-10-15(11-9-14)16(17,18)19/h6-11,13,21H,3-5,12H2,1-2H3/b7-6+. The first-order valence-corrected chi connectivity index (χ1v) is 7.13. The molecule has 0 saturated heterocycles. The summed E-state index contributed by atoms with van der Waals surface area (Å²) in [6.07, 6.45) is 2.78. The third-order valence-corrected chi connectivity index (χ3v) is 3.23. The molecule has 0 aliphatic heterocycles. The van der Waals surface area contributed by atoms with Gasteiger partial charge in [0.15, 0.2) is 0 Å². The normalized spacial score (nSPS) is 14.0. The van der Waals surface area contributed by atoms with Crippen molar-refractivity contribution in [2.24, 2.45) is 0 Å². The second kappa shape index (κ2) is 8.20. The Morgan fingerprint density at radius 2 is 1.86 bits per heavy atom. The first kappa shape index (κ1) is 17.7. The number of alkyl halides is 3. The Kier molecular flexibility index (Phi) is 6.92. The fourth-order valence-corrected chi connectivity index (χ4v) is 1.84. The van der Waals surface area contributed by atoms with Crippen molar-refractivity contribution in [3.63, 3.8) is 0 Å². The van der Waals surface area contributed by atoms with Crippen LogP contribution in [0.3, 0.4) is 0 Å². The van der Waals surface area contributed by atoms with Crippen LogP contribution in [0.25, 0.3) is 0 Å². The SMILES string of the molecule is CCCC/C=C/C(C)N(O)Cc1ccc(C(F)(F)F)cc1. The molecule has 21 heavy (non-hydrogen) atoms. The van der Waals surface area contributed by atoms with E-state index in [4.69, 9.17) is 0 Å². The van der Waals surface area contributed by atoms with Crippen molar-refractivity contribution in [1.82, 2.24) is 5.06 Å². The van der Waals surface area contributed by atoms with Crippen LogP contribution < -0.4 is 0 Å². The summed E-state index contributed by atoms with van der Waals surface area (Å²) in [4.78, 5) is 0. The van der Waals surface area contributed by atoms with Gasteiger partial charge in [0, 0.05) is 6.54 Å². The molecule has 0 aromatic heterocycles. The second-order valence-corrected chi connectivity index (χ2v) is 5.10. The Balaban J connectivity index is 2.54. The summed E-state index contributed by atoms with van der Waals surface area (Å²) in [6, 6.07) is 4.67. The smallest absolute Gasteiger partial charge is 0.313 e. The molecule has 2 nitrogen and oxygen atoms in total. The van der Waals surface area contributed by atoms with Crippen LogP contribution in [-0.2, 0) is 12.7 Å². The predicted molar refractivity (Wildman–Crippen MR) is 76.9 cm³/mol. The fraction of sp³-hybridized carbons (Fsp3) is 0.500. The topological polar surface area (TPSA) is 23.5 Å². The van der Waals surface area contributed by atoms with Gasteiger partial charge in [-0.2, -0.15) is 18.2 Å². The van der Waals surface area contributed by atoms with Gasteiger partial charge in [-0.3, -0.25) is 0 Å². The first-order chi connectivity index (χ1) is 9.84. The molecule has 0 aliphatic rings. The summed E-state index contributed by atoms with van der Waals surface area (Å²) in [5.74, 6) is 0. The lowest BCUT2D eigenvalue weighted by Crippen LogP contribution is -2.27. The van der Waals surface area contributed by atoms with Crippen LogP contribution in [0.2, 0.25) is 0 Å². The molecular formula is C16H22F3NO. The largest absolute Gasteiger partial charge is 0.416 e. The Morgan fingerprint density at radius 3 is 2.38 bits per heavy atom. The summed E-state index contributed by atoms with van der Waals surface area (Å²) >= 11 is 0. The molecule has 0 saturated carbocycles. The van der Waals surface area contributed by atoms with Crippen molar-refractivity contribution in [1.29, 1.82) is 0 Å². The Hall–Kier alpha value is -1.33. The zero-order chi connectivity index (χ0) is 15.9. The molecule has 1 atom stereocenters. The van der Waals surface area contributed by atoms with E-state index in [1.54, 1.807) is 0 Å². The number of unbranched alkanes of at least 4 members (excludes halogenated alkanes) is 2. The average Bonchev–Trinajstić information content (AvgIpc) is 2.43. The number of benzene rings is 1. The lowest BCUT2D eigenvalue weighted by atomic mass is 10.1. The van der Waals surface area contributed by atoms with Gasteiger partial charge >= 0.3 is 6.18 Å². The quantitative estimate of drug-likeness (QED) is 0.433. The number of halogens is 3. The molecule has 0 aliphatic carbocycles. The van der Waals surface area contributed by atoms with E-state index in [2.05, 4.69) is 6.92 Å². The number of allylic oxidation sites excluding steroid dienone is 1. The predicted octanol–water partition coefficient (Wildman–Crippen LogP) is 5.03. The maximum atomic E-state index is 12.4. The Morgan fingerprint density at radius 1 is 1.24 bits per heavy atom. The van der Waals surface area contributed by atoms with Crippen LogP contribution in [-0.4, -0.2) is 16.3 Å². The molecule has 1 aromatic rings. The summed E-state index contributed by atoms with van der Waals surface area (Å²) in [6.45, 7) is 4.14. The van der Waals surface area contributed by atoms with Crippen molar-refractivity contribution >= 4 is 0 Å². The van der Waals surface area contributed by atoms with E-state index in [9.17, 15) is 18.4 Å². The van der Waals surface area contributed by atoms with E-state index < -0.39 is 11.7 Å². The van der Waals surface area contributed by atoms with Crippen molar-refractivity contribution in [2.45, 2.75) is 51.9 Å². The minimum atomic E-state index is -4.33. The van der Waals surface area contributed by atoms with E-state index in [0.717, 1.165) is 36.5 Å². The fourth-order valence-electron chi connectivity index (χ4n) is 1.84. The van der Waals surface area contributed by atoms with Gasteiger partial charge in [0.25, 0.3) is 0 Å². The number of nitrogens with zero attached hydrogens (tertiary/aromatic N) is 1. The van der Waals surface area contributed by atoms with Crippen LogP contribution in [0.15, 0.2) is 36.4 Å². The van der Waals surface area contributed by atoms with Crippen molar-refractivity contribution in [3.8, 4) is 0 Å². The van der Waals surface area contributed by atoms with E-state index in [1.165, 1.54) is 12.1 Å². The van der Waals surface area contributed by atoms with Gasteiger partial charge in [0.1, 0.15) is 0 Å². The summed E-state index contributed by atoms with van der Waals surface area (Å²) in [7, 11) is 0. The van der Waals surface area contributed by atoms with Crippen LogP contribution in [0, 0.1) is 0 Å². The van der Waals surface area contributed by atoms with E-state index >= 15 is 0 Å². The molecule has 0 amide bonds. The first-order valence-electron chi connectivity index (χ1n) is 7.13. The van der Waals surface area contributed by atoms with Gasteiger partial charge in [-0.25, -0.2) is 0 Å². The molecular weight excluding hydrogens is 279 g/mol. The van der Waals surface area contributed by atoms with Gasteiger partial charge < -0.3 is 5.21 Å². The maximum Gasteiger partial charge on any atom is 0.416 e. The Bertz CT molecular complexity index is 440. The van der Waals surface area contributed by atoms with Crippen LogP contribution in [0.4, 0.5) is 13.2 Å². The molecule has 5 heteroatoms.